The Balaban J connectivity index is 1.59. The molecule has 0 radical (unpaired) electrons. The molecule has 1 aromatic heterocycles. The van der Waals surface area contributed by atoms with E-state index in [-0.39, 0.29) is 27.6 Å². The lowest BCUT2D eigenvalue weighted by Gasteiger charge is -2.14. The third-order valence-electron chi connectivity index (χ3n) is 4.37. The van der Waals surface area contributed by atoms with Crippen LogP contribution in [-0.4, -0.2) is 17.8 Å². The maximum atomic E-state index is 13.3. The van der Waals surface area contributed by atoms with Gasteiger partial charge in [0.2, 0.25) is 0 Å². The van der Waals surface area contributed by atoms with Crippen LogP contribution in [-0.2, 0) is 9.59 Å². The lowest BCUT2D eigenvalue weighted by molar-refractivity contribution is -0.255. The Hall–Kier alpha value is -3.91. The average Bonchev–Trinajstić information content (AvgIpc) is 3.30. The smallest absolute Gasteiger partial charge is 0.282 e. The molecule has 1 aliphatic rings. The molecule has 0 saturated carbocycles. The summed E-state index contributed by atoms with van der Waals surface area (Å²) < 4.78 is 19.0. The standard InChI is InChI=1S/C21H12ClFN2O5/c22-16-9-13(5-7-17(16)23)25-20(27)15(19(26)24-25)10-14-6-8-18(30-14)11-1-3-12(4-2-11)21(28)29/h1-10H,(H,24,26)(H,28,29)/p-1/b15-10+. The van der Waals surface area contributed by atoms with Gasteiger partial charge < -0.3 is 14.3 Å². The van der Waals surface area contributed by atoms with Crippen LogP contribution < -0.4 is 15.5 Å². The van der Waals surface area contributed by atoms with E-state index in [4.69, 9.17) is 16.0 Å². The highest BCUT2D eigenvalue weighted by Crippen LogP contribution is 2.28. The molecule has 30 heavy (non-hydrogen) atoms. The van der Waals surface area contributed by atoms with Crippen molar-refractivity contribution in [3.8, 4) is 11.3 Å². The molecule has 0 aliphatic carbocycles. The number of hydrogen-bond donors (Lipinski definition) is 1. The third-order valence-corrected chi connectivity index (χ3v) is 4.66. The maximum Gasteiger partial charge on any atom is 0.282 e. The second-order valence-electron chi connectivity index (χ2n) is 6.30. The van der Waals surface area contributed by atoms with Crippen LogP contribution in [0.15, 0.2) is 64.6 Å². The number of nitrogens with zero attached hydrogens (tertiary/aromatic N) is 1. The number of rotatable bonds is 4. The minimum absolute atomic E-state index is 0.0295. The highest BCUT2D eigenvalue weighted by atomic mass is 35.5. The van der Waals surface area contributed by atoms with E-state index >= 15 is 0 Å². The lowest BCUT2D eigenvalue weighted by atomic mass is 10.1. The number of benzene rings is 2. The van der Waals surface area contributed by atoms with Crippen LogP contribution in [0.3, 0.4) is 0 Å². The minimum Gasteiger partial charge on any atom is -0.545 e. The van der Waals surface area contributed by atoms with E-state index in [1.807, 2.05) is 0 Å². The molecule has 7 nitrogen and oxygen atoms in total. The Morgan fingerprint density at radius 2 is 1.83 bits per heavy atom. The fourth-order valence-electron chi connectivity index (χ4n) is 2.86. The maximum absolute atomic E-state index is 13.3. The quantitative estimate of drug-likeness (QED) is 0.511. The molecule has 3 aromatic rings. The monoisotopic (exact) mass is 425 g/mol. The fraction of sp³-hybridized carbons (Fsp3) is 0. The van der Waals surface area contributed by atoms with Crippen LogP contribution in [0.2, 0.25) is 5.02 Å². The molecule has 1 saturated heterocycles. The number of hydrazine groups is 1. The van der Waals surface area contributed by atoms with Crippen LogP contribution in [0.4, 0.5) is 10.1 Å². The van der Waals surface area contributed by atoms with E-state index in [2.05, 4.69) is 5.43 Å². The molecular weight excluding hydrogens is 415 g/mol. The zero-order valence-corrected chi connectivity index (χ0v) is 15.8. The predicted molar refractivity (Wildman–Crippen MR) is 103 cm³/mol. The Kier molecular flexibility index (Phi) is 4.85. The van der Waals surface area contributed by atoms with Crippen LogP contribution in [0.1, 0.15) is 16.1 Å². The number of nitrogens with one attached hydrogen (secondary N) is 1. The zero-order valence-electron chi connectivity index (χ0n) is 15.0. The normalized spacial score (nSPS) is 15.0. The molecule has 2 aromatic carbocycles. The molecule has 0 spiro atoms. The van der Waals surface area contributed by atoms with Gasteiger partial charge in [-0.05, 0) is 42.0 Å². The molecule has 9 heteroatoms. The minimum atomic E-state index is -1.29. The van der Waals surface area contributed by atoms with Crippen molar-refractivity contribution < 1.29 is 28.3 Å². The summed E-state index contributed by atoms with van der Waals surface area (Å²) in [5.41, 5.74) is 3.05. The number of carboxylic acids is 1. The summed E-state index contributed by atoms with van der Waals surface area (Å²) in [5.74, 6) is -2.59. The van der Waals surface area contributed by atoms with E-state index in [0.29, 0.717) is 11.3 Å². The van der Waals surface area contributed by atoms with Gasteiger partial charge >= 0.3 is 0 Å². The van der Waals surface area contributed by atoms with Gasteiger partial charge in [0, 0.05) is 5.56 Å². The number of hydrogen-bond acceptors (Lipinski definition) is 5. The predicted octanol–water partition coefficient (Wildman–Crippen LogP) is 2.56. The first kappa shape index (κ1) is 19.4. The summed E-state index contributed by atoms with van der Waals surface area (Å²) in [7, 11) is 0. The number of amides is 2. The Morgan fingerprint density at radius 3 is 2.50 bits per heavy atom. The van der Waals surface area contributed by atoms with Crippen molar-refractivity contribution in [2.45, 2.75) is 0 Å². The van der Waals surface area contributed by atoms with Gasteiger partial charge in [0.1, 0.15) is 22.9 Å². The van der Waals surface area contributed by atoms with Gasteiger partial charge in [-0.1, -0.05) is 35.9 Å². The average molecular weight is 426 g/mol. The van der Waals surface area contributed by atoms with E-state index in [1.165, 1.54) is 30.3 Å². The molecule has 0 bridgehead atoms. The topological polar surface area (TPSA) is 103 Å². The van der Waals surface area contributed by atoms with Crippen molar-refractivity contribution in [1.29, 1.82) is 0 Å². The van der Waals surface area contributed by atoms with Gasteiger partial charge in [-0.25, -0.2) is 9.40 Å². The number of halogens is 2. The Morgan fingerprint density at radius 1 is 1.10 bits per heavy atom. The summed E-state index contributed by atoms with van der Waals surface area (Å²) in [6, 6.07) is 12.7. The van der Waals surface area contributed by atoms with Crippen molar-refractivity contribution in [1.82, 2.24) is 5.43 Å². The molecule has 150 valence electrons. The number of aromatic carboxylic acids is 1. The number of anilines is 1. The number of furan rings is 1. The van der Waals surface area contributed by atoms with Gasteiger partial charge in [0.05, 0.1) is 16.7 Å². The molecule has 4 rings (SSSR count). The van der Waals surface area contributed by atoms with Gasteiger partial charge in [-0.15, -0.1) is 0 Å². The number of carbonyl (C=O) groups excluding carboxylic acids is 3. The van der Waals surface area contributed by atoms with E-state index in [9.17, 15) is 23.9 Å². The third kappa shape index (κ3) is 3.56. The molecule has 1 N–H and O–H groups in total. The van der Waals surface area contributed by atoms with Crippen LogP contribution in [0.5, 0.6) is 0 Å². The van der Waals surface area contributed by atoms with Gasteiger partial charge in [-0.3, -0.25) is 15.0 Å². The van der Waals surface area contributed by atoms with Gasteiger partial charge in [0.15, 0.2) is 0 Å². The van der Waals surface area contributed by atoms with Gasteiger partial charge in [0.25, 0.3) is 11.8 Å². The van der Waals surface area contributed by atoms with Crippen molar-refractivity contribution in [3.05, 3.63) is 82.3 Å². The molecular formula is C21H11ClFN2O5-. The zero-order chi connectivity index (χ0) is 21.4. The molecule has 1 aliphatic heterocycles. The van der Waals surface area contributed by atoms with Crippen molar-refractivity contribution >= 4 is 41.1 Å². The second-order valence-corrected chi connectivity index (χ2v) is 6.71. The van der Waals surface area contributed by atoms with Crippen LogP contribution in [0.25, 0.3) is 17.4 Å². The highest BCUT2D eigenvalue weighted by Gasteiger charge is 2.35. The van der Waals surface area contributed by atoms with E-state index in [0.717, 1.165) is 11.1 Å². The SMILES string of the molecule is O=C1NN(c2ccc(F)c(Cl)c2)C(=O)/C1=C/c1ccc(-c2ccc(C(=O)[O-])cc2)o1. The van der Waals surface area contributed by atoms with Crippen LogP contribution in [0, 0.1) is 5.82 Å². The van der Waals surface area contributed by atoms with Crippen LogP contribution >= 0.6 is 11.6 Å². The first-order chi connectivity index (χ1) is 14.3. The molecule has 1 fully saturated rings. The summed E-state index contributed by atoms with van der Waals surface area (Å²) >= 11 is 5.74. The number of carbonyl (C=O) groups is 3. The molecule has 2 heterocycles. The van der Waals surface area contributed by atoms with Gasteiger partial charge in [-0.2, -0.15) is 0 Å². The number of carboxylic acid groups (broad SMARTS) is 1. The second kappa shape index (κ2) is 7.49. The summed E-state index contributed by atoms with van der Waals surface area (Å²) in [6.45, 7) is 0. The highest BCUT2D eigenvalue weighted by molar-refractivity contribution is 6.33. The first-order valence-electron chi connectivity index (χ1n) is 8.57. The fourth-order valence-corrected chi connectivity index (χ4v) is 3.04. The van der Waals surface area contributed by atoms with Crippen molar-refractivity contribution in [3.63, 3.8) is 0 Å². The van der Waals surface area contributed by atoms with Crippen molar-refractivity contribution in [2.75, 3.05) is 5.01 Å². The summed E-state index contributed by atoms with van der Waals surface area (Å²) in [5, 5.41) is 11.6. The Bertz CT molecular complexity index is 1220. The summed E-state index contributed by atoms with van der Waals surface area (Å²) in [6.07, 6.45) is 1.28. The van der Waals surface area contributed by atoms with E-state index < -0.39 is 23.6 Å². The molecule has 2 amide bonds. The Labute approximate surface area is 173 Å². The van der Waals surface area contributed by atoms with E-state index in [1.54, 1.807) is 24.3 Å². The lowest BCUT2D eigenvalue weighted by Crippen LogP contribution is -2.35. The largest absolute Gasteiger partial charge is 0.545 e. The van der Waals surface area contributed by atoms with Crippen molar-refractivity contribution in [2.24, 2.45) is 0 Å². The first-order valence-corrected chi connectivity index (χ1v) is 8.95. The summed E-state index contributed by atoms with van der Waals surface area (Å²) in [4.78, 5) is 35.7. The molecule has 0 atom stereocenters. The molecule has 0 unspecified atom stereocenters.